The summed E-state index contributed by atoms with van der Waals surface area (Å²) in [5.74, 6) is 0.595. The van der Waals surface area contributed by atoms with Crippen LogP contribution in [0.5, 0.6) is 17.2 Å². The number of para-hydroxylation sites is 1. The van der Waals surface area contributed by atoms with Crippen molar-refractivity contribution in [1.29, 1.82) is 5.26 Å². The maximum atomic E-state index is 14.4. The number of benzene rings is 4. The summed E-state index contributed by atoms with van der Waals surface area (Å²) in [7, 11) is 0. The van der Waals surface area contributed by atoms with Gasteiger partial charge in [0.25, 0.3) is 5.91 Å². The van der Waals surface area contributed by atoms with E-state index in [4.69, 9.17) is 26.7 Å². The standard InChI is InChI=1S/C41H38N6O5S/c1-3-33(48)47-17-7-10-26(21-47)46-40(50)38-35-34-30(15-16-31(43)37(34)53-38)41(45,39(49)36(35)44)29-14-13-28(18-23(29)2)52-27-11-6-8-24(19-27)22-51-32-12-5-4-9-25(32)20-42/h3-6,8-9,11-16,18-19,26,36H,1,7,10,17,21-22,43-45H2,2H3,(H,46,50). The van der Waals surface area contributed by atoms with Crippen molar-refractivity contribution in [2.75, 3.05) is 18.8 Å². The number of hydrogen-bond donors (Lipinski definition) is 4. The topological polar surface area (TPSA) is 187 Å². The SMILES string of the molecule is C=CC(=O)N1CCCC(NC(=O)c2sc3c(N)ccc4c3c2C(N)C(=O)C4(N)c2ccc(Oc3cccc(COc4ccccc4C#N)c3)cc2C)C1. The van der Waals surface area contributed by atoms with Gasteiger partial charge < -0.3 is 36.9 Å². The number of anilines is 1. The molecule has 3 unspecified atom stereocenters. The predicted octanol–water partition coefficient (Wildman–Crippen LogP) is 5.73. The van der Waals surface area contributed by atoms with E-state index in [1.807, 2.05) is 43.3 Å². The Bertz CT molecular complexity index is 2350. The maximum Gasteiger partial charge on any atom is 0.262 e. The van der Waals surface area contributed by atoms with Gasteiger partial charge in [0.15, 0.2) is 5.78 Å². The van der Waals surface area contributed by atoms with Gasteiger partial charge in [0.2, 0.25) is 5.91 Å². The summed E-state index contributed by atoms with van der Waals surface area (Å²) in [5.41, 5.74) is 22.6. The lowest BCUT2D eigenvalue weighted by Gasteiger charge is -2.37. The summed E-state index contributed by atoms with van der Waals surface area (Å²) in [6.07, 6.45) is 2.71. The molecule has 2 amide bonds. The fraction of sp³-hybridized carbons (Fsp3) is 0.220. The highest BCUT2D eigenvalue weighted by Crippen LogP contribution is 2.50. The molecule has 4 aromatic carbocycles. The zero-order valence-corrected chi connectivity index (χ0v) is 29.9. The van der Waals surface area contributed by atoms with Gasteiger partial charge >= 0.3 is 0 Å². The Morgan fingerprint density at radius 3 is 2.64 bits per heavy atom. The van der Waals surface area contributed by atoms with Gasteiger partial charge in [-0.2, -0.15) is 5.26 Å². The van der Waals surface area contributed by atoms with E-state index in [1.54, 1.807) is 47.4 Å². The zero-order valence-electron chi connectivity index (χ0n) is 29.1. The molecule has 0 radical (unpaired) electrons. The normalized spacial score (nSPS) is 19.4. The molecule has 0 spiro atoms. The second-order valence-electron chi connectivity index (χ2n) is 13.3. The number of ketones is 1. The molecule has 2 heterocycles. The monoisotopic (exact) mass is 726 g/mol. The molecular weight excluding hydrogens is 689 g/mol. The summed E-state index contributed by atoms with van der Waals surface area (Å²) in [6.45, 7) is 6.63. The van der Waals surface area contributed by atoms with E-state index in [0.717, 1.165) is 12.0 Å². The summed E-state index contributed by atoms with van der Waals surface area (Å²) < 4.78 is 12.7. The number of rotatable bonds is 9. The van der Waals surface area contributed by atoms with E-state index in [0.29, 0.717) is 85.2 Å². The van der Waals surface area contributed by atoms with Crippen molar-refractivity contribution in [2.24, 2.45) is 11.5 Å². The molecule has 3 atom stereocenters. The molecule has 11 nitrogen and oxygen atoms in total. The van der Waals surface area contributed by atoms with Crippen molar-refractivity contribution in [1.82, 2.24) is 10.2 Å². The molecule has 1 saturated heterocycles. The lowest BCUT2D eigenvalue weighted by atomic mass is 9.69. The number of carbonyl (C=O) groups excluding carboxylic acids is 3. The highest BCUT2D eigenvalue weighted by Gasteiger charge is 2.49. The van der Waals surface area contributed by atoms with Crippen LogP contribution in [0.2, 0.25) is 0 Å². The summed E-state index contributed by atoms with van der Waals surface area (Å²) >= 11 is 1.19. The van der Waals surface area contributed by atoms with E-state index in [1.165, 1.54) is 17.4 Å². The minimum absolute atomic E-state index is 0.185. The number of thiophene rings is 1. The lowest BCUT2D eigenvalue weighted by Crippen LogP contribution is -2.53. The van der Waals surface area contributed by atoms with Gasteiger partial charge in [-0.3, -0.25) is 14.4 Å². The Labute approximate surface area is 310 Å². The second-order valence-corrected chi connectivity index (χ2v) is 14.3. The van der Waals surface area contributed by atoms with Gasteiger partial charge in [-0.25, -0.2) is 0 Å². The molecule has 1 aromatic heterocycles. The van der Waals surface area contributed by atoms with Crippen LogP contribution in [-0.4, -0.2) is 41.6 Å². The third-order valence-corrected chi connectivity index (χ3v) is 11.2. The van der Waals surface area contributed by atoms with Gasteiger partial charge in [-0.05, 0) is 90.6 Å². The highest BCUT2D eigenvalue weighted by molar-refractivity contribution is 7.21. The Morgan fingerprint density at radius 2 is 1.87 bits per heavy atom. The number of carbonyl (C=O) groups is 3. The van der Waals surface area contributed by atoms with E-state index < -0.39 is 17.4 Å². The van der Waals surface area contributed by atoms with Gasteiger partial charge in [-0.1, -0.05) is 43.0 Å². The molecule has 53 heavy (non-hydrogen) atoms. The third kappa shape index (κ3) is 6.40. The second kappa shape index (κ2) is 14.2. The number of Topliss-reactive ketones (excluding diaryl/α,β-unsaturated/α-hetero) is 1. The number of aryl methyl sites for hydroxylation is 1. The molecule has 1 fully saturated rings. The molecule has 5 aromatic rings. The number of ether oxygens (including phenoxy) is 2. The Morgan fingerprint density at radius 1 is 1.09 bits per heavy atom. The average Bonchev–Trinajstić information content (AvgIpc) is 3.58. The first kappa shape index (κ1) is 35.4. The Hall–Kier alpha value is -6.00. The molecule has 12 heteroatoms. The van der Waals surface area contributed by atoms with Gasteiger partial charge in [0.05, 0.1) is 21.2 Å². The first-order chi connectivity index (χ1) is 25.5. The quantitative estimate of drug-likeness (QED) is 0.109. The first-order valence-corrected chi connectivity index (χ1v) is 18.0. The van der Waals surface area contributed by atoms with Crippen LogP contribution < -0.4 is 32.0 Å². The largest absolute Gasteiger partial charge is 0.488 e. The van der Waals surface area contributed by atoms with Gasteiger partial charge in [0, 0.05) is 35.8 Å². The number of amides is 2. The van der Waals surface area contributed by atoms with Crippen LogP contribution >= 0.6 is 11.3 Å². The van der Waals surface area contributed by atoms with Crippen LogP contribution in [0, 0.1) is 18.3 Å². The minimum atomic E-state index is -1.64. The molecule has 0 saturated carbocycles. The Kier molecular flexibility index (Phi) is 9.48. The lowest BCUT2D eigenvalue weighted by molar-refractivity contribution is -0.127. The van der Waals surface area contributed by atoms with Crippen LogP contribution in [0.1, 0.15) is 61.9 Å². The van der Waals surface area contributed by atoms with Crippen molar-refractivity contribution < 1.29 is 23.9 Å². The first-order valence-electron chi connectivity index (χ1n) is 17.2. The van der Waals surface area contributed by atoms with E-state index in [-0.39, 0.29) is 24.5 Å². The maximum absolute atomic E-state index is 14.4. The van der Waals surface area contributed by atoms with Crippen LogP contribution in [0.4, 0.5) is 5.69 Å². The van der Waals surface area contributed by atoms with E-state index in [9.17, 15) is 19.6 Å². The van der Waals surface area contributed by atoms with Crippen molar-refractivity contribution in [3.05, 3.63) is 130 Å². The van der Waals surface area contributed by atoms with Crippen molar-refractivity contribution in [2.45, 2.75) is 44.0 Å². The molecule has 1 aliphatic heterocycles. The minimum Gasteiger partial charge on any atom is -0.488 e. The van der Waals surface area contributed by atoms with E-state index in [2.05, 4.69) is 18.0 Å². The number of piperidine rings is 1. The van der Waals surface area contributed by atoms with Crippen LogP contribution in [-0.2, 0) is 21.7 Å². The van der Waals surface area contributed by atoms with Gasteiger partial charge in [0.1, 0.15) is 35.5 Å². The fourth-order valence-electron chi connectivity index (χ4n) is 7.33. The molecule has 2 aliphatic rings. The predicted molar refractivity (Wildman–Crippen MR) is 204 cm³/mol. The van der Waals surface area contributed by atoms with E-state index >= 15 is 0 Å². The van der Waals surface area contributed by atoms with Gasteiger partial charge in [-0.15, -0.1) is 11.3 Å². The number of nitriles is 1. The molecule has 1 aliphatic carbocycles. The smallest absolute Gasteiger partial charge is 0.262 e. The molecular formula is C41H38N6O5S. The van der Waals surface area contributed by atoms with Crippen LogP contribution in [0.3, 0.4) is 0 Å². The van der Waals surface area contributed by atoms with Crippen LogP contribution in [0.25, 0.3) is 10.1 Å². The van der Waals surface area contributed by atoms with Crippen molar-refractivity contribution >= 4 is 44.7 Å². The summed E-state index contributed by atoms with van der Waals surface area (Å²) in [4.78, 5) is 42.4. The highest BCUT2D eigenvalue weighted by atomic mass is 32.1. The molecule has 7 rings (SSSR count). The molecule has 0 bridgehead atoms. The number of nitrogens with zero attached hydrogens (tertiary/aromatic N) is 2. The number of nitrogens with two attached hydrogens (primary N) is 3. The number of nitrogens with one attached hydrogen (secondary N) is 1. The summed E-state index contributed by atoms with van der Waals surface area (Å²) in [5, 5.41) is 13.0. The van der Waals surface area contributed by atoms with Crippen molar-refractivity contribution in [3.8, 4) is 23.3 Å². The molecule has 7 N–H and O–H groups in total. The fourth-order valence-corrected chi connectivity index (χ4v) is 8.53. The van der Waals surface area contributed by atoms with Crippen LogP contribution in [0.15, 0.2) is 91.5 Å². The number of nitrogen functional groups attached to an aromatic ring is 1. The third-order valence-electron chi connectivity index (χ3n) is 9.92. The average molecular weight is 727 g/mol. The zero-order chi connectivity index (χ0) is 37.4. The summed E-state index contributed by atoms with van der Waals surface area (Å²) in [6, 6.07) is 23.9. The molecule has 268 valence electrons. The number of likely N-dealkylation sites (tertiary alicyclic amines) is 1. The number of hydrogen-bond acceptors (Lipinski definition) is 10. The van der Waals surface area contributed by atoms with Crippen molar-refractivity contribution in [3.63, 3.8) is 0 Å². The Balaban J connectivity index is 1.16.